The van der Waals surface area contributed by atoms with Gasteiger partial charge in [-0.3, -0.25) is 4.68 Å². The van der Waals surface area contributed by atoms with E-state index in [2.05, 4.69) is 5.10 Å². The Kier molecular flexibility index (Phi) is 5.02. The van der Waals surface area contributed by atoms with Crippen molar-refractivity contribution in [3.8, 4) is 0 Å². The summed E-state index contributed by atoms with van der Waals surface area (Å²) in [6.07, 6.45) is 0.435. The summed E-state index contributed by atoms with van der Waals surface area (Å²) in [6.45, 7) is 4.44. The molecule has 0 spiro atoms. The minimum Gasteiger partial charge on any atom is -0.394 e. The summed E-state index contributed by atoms with van der Waals surface area (Å²) in [7, 11) is 0. The Morgan fingerprint density at radius 3 is 1.92 bits per heavy atom. The van der Waals surface area contributed by atoms with Gasteiger partial charge in [0.1, 0.15) is 5.60 Å². The average Bonchev–Trinajstić information content (AvgIpc) is 2.91. The first kappa shape index (κ1) is 17.4. The van der Waals surface area contributed by atoms with Crippen LogP contribution in [-0.2, 0) is 18.6 Å². The van der Waals surface area contributed by atoms with Gasteiger partial charge in [0.25, 0.3) is 0 Å². The molecule has 1 aromatic heterocycles. The zero-order valence-corrected chi connectivity index (χ0v) is 14.7. The van der Waals surface area contributed by atoms with Crippen molar-refractivity contribution in [2.45, 2.75) is 32.4 Å². The van der Waals surface area contributed by atoms with Gasteiger partial charge >= 0.3 is 0 Å². The Labute approximate surface area is 148 Å². The maximum absolute atomic E-state index is 11.7. The molecule has 25 heavy (non-hydrogen) atoms. The molecule has 130 valence electrons. The maximum atomic E-state index is 11.7. The SMILES string of the molecule is Cc1nn(CCO)c(C)c1CC(O)(c1ccccc1)c1ccccc1. The maximum Gasteiger partial charge on any atom is 0.119 e. The van der Waals surface area contributed by atoms with Crippen LogP contribution in [0.5, 0.6) is 0 Å². The molecule has 0 atom stereocenters. The van der Waals surface area contributed by atoms with Gasteiger partial charge in [-0.15, -0.1) is 0 Å². The van der Waals surface area contributed by atoms with Crippen molar-refractivity contribution in [1.82, 2.24) is 9.78 Å². The lowest BCUT2D eigenvalue weighted by Crippen LogP contribution is -2.30. The summed E-state index contributed by atoms with van der Waals surface area (Å²) < 4.78 is 1.81. The van der Waals surface area contributed by atoms with Crippen LogP contribution in [0.25, 0.3) is 0 Å². The molecular formula is C21H24N2O2. The van der Waals surface area contributed by atoms with Crippen LogP contribution in [-0.4, -0.2) is 26.6 Å². The van der Waals surface area contributed by atoms with E-state index in [0.717, 1.165) is 28.1 Å². The first-order chi connectivity index (χ1) is 12.1. The summed E-state index contributed by atoms with van der Waals surface area (Å²) in [5.41, 5.74) is 3.46. The van der Waals surface area contributed by atoms with Gasteiger partial charge in [-0.25, -0.2) is 0 Å². The van der Waals surface area contributed by atoms with Gasteiger partial charge in [0.15, 0.2) is 0 Å². The molecule has 0 aliphatic heterocycles. The van der Waals surface area contributed by atoms with E-state index in [1.54, 1.807) is 4.68 Å². The summed E-state index contributed by atoms with van der Waals surface area (Å²) in [4.78, 5) is 0. The number of nitrogens with zero attached hydrogens (tertiary/aromatic N) is 2. The van der Waals surface area contributed by atoms with Crippen molar-refractivity contribution in [3.63, 3.8) is 0 Å². The van der Waals surface area contributed by atoms with Crippen molar-refractivity contribution in [2.75, 3.05) is 6.61 Å². The molecular weight excluding hydrogens is 312 g/mol. The number of aryl methyl sites for hydroxylation is 1. The predicted molar refractivity (Wildman–Crippen MR) is 98.4 cm³/mol. The van der Waals surface area contributed by atoms with Crippen LogP contribution >= 0.6 is 0 Å². The van der Waals surface area contributed by atoms with E-state index < -0.39 is 5.60 Å². The molecule has 1 heterocycles. The lowest BCUT2D eigenvalue weighted by Gasteiger charge is -2.30. The summed E-state index contributed by atoms with van der Waals surface area (Å²) in [5.74, 6) is 0. The Bertz CT molecular complexity index is 786. The fraction of sp³-hybridized carbons (Fsp3) is 0.286. The first-order valence-electron chi connectivity index (χ1n) is 8.53. The highest BCUT2D eigenvalue weighted by Crippen LogP contribution is 2.34. The zero-order valence-electron chi connectivity index (χ0n) is 14.7. The van der Waals surface area contributed by atoms with Crippen LogP contribution in [0.2, 0.25) is 0 Å². The molecule has 4 nitrogen and oxygen atoms in total. The van der Waals surface area contributed by atoms with E-state index in [-0.39, 0.29) is 6.61 Å². The monoisotopic (exact) mass is 336 g/mol. The molecule has 0 amide bonds. The van der Waals surface area contributed by atoms with Gasteiger partial charge in [-0.2, -0.15) is 5.10 Å². The molecule has 2 aromatic carbocycles. The van der Waals surface area contributed by atoms with Crippen molar-refractivity contribution >= 4 is 0 Å². The third-order valence-corrected chi connectivity index (χ3v) is 4.78. The molecule has 0 unspecified atom stereocenters. The number of hydrogen-bond donors (Lipinski definition) is 2. The van der Waals surface area contributed by atoms with Gasteiger partial charge in [0.05, 0.1) is 18.8 Å². The van der Waals surface area contributed by atoms with Gasteiger partial charge in [0, 0.05) is 12.1 Å². The number of aromatic nitrogens is 2. The molecule has 0 saturated carbocycles. The zero-order chi connectivity index (χ0) is 17.9. The quantitative estimate of drug-likeness (QED) is 0.727. The van der Waals surface area contributed by atoms with E-state index in [4.69, 9.17) is 0 Å². The minimum atomic E-state index is -1.13. The second-order valence-electron chi connectivity index (χ2n) is 6.37. The molecule has 2 N–H and O–H groups in total. The highest BCUT2D eigenvalue weighted by molar-refractivity contribution is 5.40. The third-order valence-electron chi connectivity index (χ3n) is 4.78. The number of aliphatic hydroxyl groups is 2. The smallest absolute Gasteiger partial charge is 0.119 e. The first-order valence-corrected chi connectivity index (χ1v) is 8.53. The van der Waals surface area contributed by atoms with E-state index in [1.807, 2.05) is 74.5 Å². The van der Waals surface area contributed by atoms with Gasteiger partial charge in [0.2, 0.25) is 0 Å². The Morgan fingerprint density at radius 2 is 1.44 bits per heavy atom. The van der Waals surface area contributed by atoms with Crippen LogP contribution in [0.1, 0.15) is 28.1 Å². The molecule has 0 radical (unpaired) electrons. The minimum absolute atomic E-state index is 0.0447. The fourth-order valence-corrected chi connectivity index (χ4v) is 3.36. The number of hydrogen-bond acceptors (Lipinski definition) is 3. The Morgan fingerprint density at radius 1 is 0.920 bits per heavy atom. The van der Waals surface area contributed by atoms with Gasteiger partial charge < -0.3 is 10.2 Å². The van der Waals surface area contributed by atoms with Gasteiger partial charge in [-0.05, 0) is 30.5 Å². The third kappa shape index (κ3) is 3.36. The number of aliphatic hydroxyl groups excluding tert-OH is 1. The molecule has 0 aliphatic rings. The van der Waals surface area contributed by atoms with Crippen molar-refractivity contribution < 1.29 is 10.2 Å². The summed E-state index contributed by atoms with van der Waals surface area (Å²) in [6, 6.07) is 19.5. The molecule has 4 heteroatoms. The fourth-order valence-electron chi connectivity index (χ4n) is 3.36. The lowest BCUT2D eigenvalue weighted by atomic mass is 9.81. The van der Waals surface area contributed by atoms with Crippen LogP contribution < -0.4 is 0 Å². The number of benzene rings is 2. The largest absolute Gasteiger partial charge is 0.394 e. The van der Waals surface area contributed by atoms with E-state index >= 15 is 0 Å². The van der Waals surface area contributed by atoms with Crippen molar-refractivity contribution in [3.05, 3.63) is 88.7 Å². The molecule has 0 aliphatic carbocycles. The lowest BCUT2D eigenvalue weighted by molar-refractivity contribution is 0.0807. The predicted octanol–water partition coefficient (Wildman–Crippen LogP) is 2.97. The second kappa shape index (κ2) is 7.21. The molecule has 3 aromatic rings. The van der Waals surface area contributed by atoms with Crippen LogP contribution in [0.4, 0.5) is 0 Å². The van der Waals surface area contributed by atoms with Gasteiger partial charge in [-0.1, -0.05) is 60.7 Å². The Hall–Kier alpha value is -2.43. The van der Waals surface area contributed by atoms with E-state index in [9.17, 15) is 10.2 Å². The van der Waals surface area contributed by atoms with Crippen molar-refractivity contribution in [2.24, 2.45) is 0 Å². The normalized spacial score (nSPS) is 11.7. The van der Waals surface area contributed by atoms with Crippen molar-refractivity contribution in [1.29, 1.82) is 0 Å². The average molecular weight is 336 g/mol. The van der Waals surface area contributed by atoms with Crippen LogP contribution in [0.15, 0.2) is 60.7 Å². The van der Waals surface area contributed by atoms with E-state index in [0.29, 0.717) is 13.0 Å². The van der Waals surface area contributed by atoms with Crippen LogP contribution in [0.3, 0.4) is 0 Å². The highest BCUT2D eigenvalue weighted by Gasteiger charge is 2.33. The molecule has 0 fully saturated rings. The standard InChI is InChI=1S/C21H24N2O2/c1-16-20(17(2)23(22-16)13-14-24)15-21(25,18-9-5-3-6-10-18)19-11-7-4-8-12-19/h3-12,24-25H,13-15H2,1-2H3. The second-order valence-corrected chi connectivity index (χ2v) is 6.37. The number of rotatable bonds is 6. The molecule has 3 rings (SSSR count). The Balaban J connectivity index is 2.09. The highest BCUT2D eigenvalue weighted by atomic mass is 16.3. The summed E-state index contributed by atoms with van der Waals surface area (Å²) in [5, 5.41) is 25.4. The summed E-state index contributed by atoms with van der Waals surface area (Å²) >= 11 is 0. The topological polar surface area (TPSA) is 58.3 Å². The molecule has 0 saturated heterocycles. The van der Waals surface area contributed by atoms with Crippen LogP contribution in [0, 0.1) is 13.8 Å². The molecule has 0 bridgehead atoms. The van der Waals surface area contributed by atoms with E-state index in [1.165, 1.54) is 0 Å².